The Morgan fingerprint density at radius 1 is 1.08 bits per heavy atom. The van der Waals surface area contributed by atoms with Crippen LogP contribution in [0.5, 0.6) is 0 Å². The molecule has 1 rings (SSSR count). The zero-order valence-electron chi connectivity index (χ0n) is 8.33. The van der Waals surface area contributed by atoms with E-state index in [1.165, 1.54) is 5.56 Å². The molecule has 0 aliphatic heterocycles. The van der Waals surface area contributed by atoms with Gasteiger partial charge in [-0.15, -0.1) is 0 Å². The predicted octanol–water partition coefficient (Wildman–Crippen LogP) is 1.77. The fourth-order valence-corrected chi connectivity index (χ4v) is 1.26. The molecule has 0 heterocycles. The SMILES string of the molecule is CC(C)c1ccc(C(N)CN)cc1. The van der Waals surface area contributed by atoms with Crippen molar-refractivity contribution in [3.8, 4) is 0 Å². The van der Waals surface area contributed by atoms with Gasteiger partial charge in [-0.25, -0.2) is 0 Å². The third-order valence-electron chi connectivity index (χ3n) is 2.29. The molecule has 1 atom stereocenters. The molecule has 72 valence electrons. The van der Waals surface area contributed by atoms with Gasteiger partial charge in [-0.3, -0.25) is 0 Å². The second kappa shape index (κ2) is 4.40. The average Bonchev–Trinajstić information content (AvgIpc) is 2.17. The zero-order valence-corrected chi connectivity index (χ0v) is 8.33. The van der Waals surface area contributed by atoms with Gasteiger partial charge < -0.3 is 11.5 Å². The minimum Gasteiger partial charge on any atom is -0.329 e. The largest absolute Gasteiger partial charge is 0.329 e. The highest BCUT2D eigenvalue weighted by molar-refractivity contribution is 5.26. The summed E-state index contributed by atoms with van der Waals surface area (Å²) in [6.07, 6.45) is 0. The first kappa shape index (κ1) is 10.2. The Hall–Kier alpha value is -0.860. The summed E-state index contributed by atoms with van der Waals surface area (Å²) in [7, 11) is 0. The molecule has 0 saturated carbocycles. The molecule has 2 heteroatoms. The van der Waals surface area contributed by atoms with E-state index in [0.717, 1.165) is 5.56 Å². The summed E-state index contributed by atoms with van der Waals surface area (Å²) >= 11 is 0. The van der Waals surface area contributed by atoms with Crippen molar-refractivity contribution in [2.75, 3.05) is 6.54 Å². The third kappa shape index (κ3) is 2.54. The van der Waals surface area contributed by atoms with Crippen LogP contribution in [0.25, 0.3) is 0 Å². The van der Waals surface area contributed by atoms with Crippen molar-refractivity contribution in [3.63, 3.8) is 0 Å². The van der Waals surface area contributed by atoms with Gasteiger partial charge in [-0.1, -0.05) is 38.1 Å². The van der Waals surface area contributed by atoms with E-state index in [9.17, 15) is 0 Å². The van der Waals surface area contributed by atoms with Crippen LogP contribution in [0.1, 0.15) is 36.9 Å². The molecule has 0 aliphatic rings. The minimum absolute atomic E-state index is 0.0267. The van der Waals surface area contributed by atoms with Crippen molar-refractivity contribution in [2.45, 2.75) is 25.8 Å². The molecular formula is C11H18N2. The van der Waals surface area contributed by atoms with E-state index in [1.807, 2.05) is 0 Å². The smallest absolute Gasteiger partial charge is 0.0419 e. The van der Waals surface area contributed by atoms with Gasteiger partial charge in [0.15, 0.2) is 0 Å². The van der Waals surface area contributed by atoms with E-state index in [4.69, 9.17) is 11.5 Å². The number of hydrogen-bond donors (Lipinski definition) is 2. The highest BCUT2D eigenvalue weighted by Gasteiger charge is 2.03. The van der Waals surface area contributed by atoms with Crippen molar-refractivity contribution >= 4 is 0 Å². The maximum absolute atomic E-state index is 5.80. The first-order valence-electron chi connectivity index (χ1n) is 4.70. The van der Waals surface area contributed by atoms with Crippen molar-refractivity contribution in [2.24, 2.45) is 11.5 Å². The number of rotatable bonds is 3. The Morgan fingerprint density at radius 2 is 1.54 bits per heavy atom. The maximum Gasteiger partial charge on any atom is 0.0419 e. The number of hydrogen-bond acceptors (Lipinski definition) is 2. The minimum atomic E-state index is -0.0267. The molecule has 1 aromatic carbocycles. The van der Waals surface area contributed by atoms with Crippen LogP contribution < -0.4 is 11.5 Å². The Kier molecular flexibility index (Phi) is 3.46. The van der Waals surface area contributed by atoms with Crippen molar-refractivity contribution < 1.29 is 0 Å². The highest BCUT2D eigenvalue weighted by atomic mass is 14.7. The lowest BCUT2D eigenvalue weighted by molar-refractivity contribution is 0.735. The summed E-state index contributed by atoms with van der Waals surface area (Å²) in [5, 5.41) is 0. The van der Waals surface area contributed by atoms with Crippen LogP contribution in [-0.2, 0) is 0 Å². The molecule has 0 spiro atoms. The molecule has 0 bridgehead atoms. The van der Waals surface area contributed by atoms with E-state index < -0.39 is 0 Å². The van der Waals surface area contributed by atoms with Crippen LogP contribution in [0.4, 0.5) is 0 Å². The lowest BCUT2D eigenvalue weighted by Gasteiger charge is -2.11. The number of nitrogens with two attached hydrogens (primary N) is 2. The molecule has 1 aromatic rings. The van der Waals surface area contributed by atoms with Gasteiger partial charge in [0.25, 0.3) is 0 Å². The summed E-state index contributed by atoms with van der Waals surface area (Å²) < 4.78 is 0. The number of benzene rings is 1. The molecule has 0 aromatic heterocycles. The second-order valence-electron chi connectivity index (χ2n) is 3.66. The molecule has 0 aliphatic carbocycles. The fraction of sp³-hybridized carbons (Fsp3) is 0.455. The van der Waals surface area contributed by atoms with Crippen LogP contribution in [-0.4, -0.2) is 6.54 Å². The van der Waals surface area contributed by atoms with Crippen molar-refractivity contribution in [1.29, 1.82) is 0 Å². The molecule has 1 unspecified atom stereocenters. The van der Waals surface area contributed by atoms with E-state index in [1.54, 1.807) is 0 Å². The standard InChI is InChI=1S/C11H18N2/c1-8(2)9-3-5-10(6-4-9)11(13)7-12/h3-6,8,11H,7,12-13H2,1-2H3. The average molecular weight is 178 g/mol. The Morgan fingerprint density at radius 3 is 1.92 bits per heavy atom. The lowest BCUT2D eigenvalue weighted by atomic mass is 9.99. The van der Waals surface area contributed by atoms with Gasteiger partial charge in [-0.2, -0.15) is 0 Å². The third-order valence-corrected chi connectivity index (χ3v) is 2.29. The topological polar surface area (TPSA) is 52.0 Å². The summed E-state index contributed by atoms with van der Waals surface area (Å²) in [5.74, 6) is 0.572. The maximum atomic E-state index is 5.80. The molecule has 0 saturated heterocycles. The van der Waals surface area contributed by atoms with Gasteiger partial charge in [0.05, 0.1) is 0 Å². The van der Waals surface area contributed by atoms with Crippen LogP contribution in [0, 0.1) is 0 Å². The normalized spacial score (nSPS) is 13.3. The monoisotopic (exact) mass is 178 g/mol. The summed E-state index contributed by atoms with van der Waals surface area (Å²) in [6, 6.07) is 8.34. The van der Waals surface area contributed by atoms with Crippen LogP contribution in [0.3, 0.4) is 0 Å². The first-order valence-corrected chi connectivity index (χ1v) is 4.70. The predicted molar refractivity (Wildman–Crippen MR) is 56.5 cm³/mol. The van der Waals surface area contributed by atoms with Gasteiger partial charge in [0.2, 0.25) is 0 Å². The summed E-state index contributed by atoms with van der Waals surface area (Å²) in [4.78, 5) is 0. The van der Waals surface area contributed by atoms with Gasteiger partial charge in [0, 0.05) is 12.6 Å². The van der Waals surface area contributed by atoms with E-state index in [0.29, 0.717) is 12.5 Å². The van der Waals surface area contributed by atoms with E-state index in [-0.39, 0.29) is 6.04 Å². The molecule has 0 radical (unpaired) electrons. The molecule has 13 heavy (non-hydrogen) atoms. The highest BCUT2D eigenvalue weighted by Crippen LogP contribution is 2.16. The van der Waals surface area contributed by atoms with Crippen LogP contribution in [0.2, 0.25) is 0 Å². The second-order valence-corrected chi connectivity index (χ2v) is 3.66. The zero-order chi connectivity index (χ0) is 9.84. The van der Waals surface area contributed by atoms with Crippen LogP contribution >= 0.6 is 0 Å². The Balaban J connectivity index is 2.81. The van der Waals surface area contributed by atoms with Crippen LogP contribution in [0.15, 0.2) is 24.3 Å². The molecule has 0 fully saturated rings. The molecule has 0 amide bonds. The lowest BCUT2D eigenvalue weighted by Crippen LogP contribution is -2.20. The quantitative estimate of drug-likeness (QED) is 0.741. The summed E-state index contributed by atoms with van der Waals surface area (Å²) in [6.45, 7) is 4.86. The van der Waals surface area contributed by atoms with Crippen molar-refractivity contribution in [3.05, 3.63) is 35.4 Å². The molecule has 2 nitrogen and oxygen atoms in total. The van der Waals surface area contributed by atoms with E-state index >= 15 is 0 Å². The fourth-order valence-electron chi connectivity index (χ4n) is 1.26. The van der Waals surface area contributed by atoms with Gasteiger partial charge in [-0.05, 0) is 17.0 Å². The summed E-state index contributed by atoms with van der Waals surface area (Å²) in [5.41, 5.74) is 13.7. The Bertz CT molecular complexity index is 251. The van der Waals surface area contributed by atoms with Gasteiger partial charge in [0.1, 0.15) is 0 Å². The molecule has 4 N–H and O–H groups in total. The Labute approximate surface area is 79.9 Å². The van der Waals surface area contributed by atoms with Crippen molar-refractivity contribution in [1.82, 2.24) is 0 Å². The first-order chi connectivity index (χ1) is 6.15. The van der Waals surface area contributed by atoms with Gasteiger partial charge >= 0.3 is 0 Å². The molecular weight excluding hydrogens is 160 g/mol. The van der Waals surface area contributed by atoms with E-state index in [2.05, 4.69) is 38.1 Å².